The Kier molecular flexibility index (Phi) is 4.59. The van der Waals surface area contributed by atoms with E-state index < -0.39 is 21.7 Å². The summed E-state index contributed by atoms with van der Waals surface area (Å²) in [5.74, 6) is -1.06. The first kappa shape index (κ1) is 13.6. The van der Waals surface area contributed by atoms with E-state index in [2.05, 4.69) is 10.0 Å². The van der Waals surface area contributed by atoms with E-state index in [9.17, 15) is 17.6 Å². The van der Waals surface area contributed by atoms with Gasteiger partial charge in [0.05, 0.1) is 5.75 Å². The Morgan fingerprint density at radius 2 is 1.88 bits per heavy atom. The molecule has 0 unspecified atom stereocenters. The molecule has 1 aromatic carbocycles. The molecule has 0 heterocycles. The summed E-state index contributed by atoms with van der Waals surface area (Å²) in [6, 6.07) is 4.99. The zero-order chi connectivity index (χ0) is 12.9. The average Bonchev–Trinajstić information content (AvgIpc) is 2.29. The van der Waals surface area contributed by atoms with Gasteiger partial charge in [-0.1, -0.05) is 0 Å². The fourth-order valence-corrected chi connectivity index (χ4v) is 1.68. The van der Waals surface area contributed by atoms with Crippen molar-refractivity contribution in [1.82, 2.24) is 10.0 Å². The monoisotopic (exact) mass is 260 g/mol. The van der Waals surface area contributed by atoms with Crippen molar-refractivity contribution in [3.05, 3.63) is 35.6 Å². The molecule has 0 fully saturated rings. The van der Waals surface area contributed by atoms with E-state index in [1.807, 2.05) is 0 Å². The molecule has 0 spiro atoms. The van der Waals surface area contributed by atoms with Crippen molar-refractivity contribution in [2.75, 3.05) is 19.3 Å². The lowest BCUT2D eigenvalue weighted by Gasteiger charge is -2.05. The van der Waals surface area contributed by atoms with Crippen LogP contribution in [0.1, 0.15) is 10.4 Å². The number of carbonyl (C=O) groups excluding carboxylic acids is 1. The van der Waals surface area contributed by atoms with Gasteiger partial charge in [0.1, 0.15) is 5.82 Å². The molecular weight excluding hydrogens is 247 g/mol. The van der Waals surface area contributed by atoms with Gasteiger partial charge in [-0.3, -0.25) is 4.79 Å². The van der Waals surface area contributed by atoms with Crippen LogP contribution in [0.4, 0.5) is 4.39 Å². The van der Waals surface area contributed by atoms with Gasteiger partial charge in [0.2, 0.25) is 10.0 Å². The quantitative estimate of drug-likeness (QED) is 0.788. The van der Waals surface area contributed by atoms with Gasteiger partial charge in [-0.15, -0.1) is 0 Å². The molecule has 0 aliphatic heterocycles. The van der Waals surface area contributed by atoms with E-state index in [-0.39, 0.29) is 17.9 Å². The SMILES string of the molecule is CNS(=O)(=O)CCNC(=O)c1ccc(F)cc1. The van der Waals surface area contributed by atoms with Crippen LogP contribution in [-0.4, -0.2) is 33.7 Å². The first-order chi connectivity index (χ1) is 7.94. The van der Waals surface area contributed by atoms with Gasteiger partial charge < -0.3 is 5.32 Å². The van der Waals surface area contributed by atoms with Gasteiger partial charge in [0.15, 0.2) is 0 Å². The summed E-state index contributed by atoms with van der Waals surface area (Å²) in [4.78, 5) is 11.5. The molecule has 94 valence electrons. The second-order valence-corrected chi connectivity index (χ2v) is 5.33. The first-order valence-electron chi connectivity index (χ1n) is 4.89. The van der Waals surface area contributed by atoms with Crippen LogP contribution in [0.5, 0.6) is 0 Å². The molecule has 1 amide bonds. The maximum absolute atomic E-state index is 12.6. The van der Waals surface area contributed by atoms with Crippen LogP contribution in [0.15, 0.2) is 24.3 Å². The van der Waals surface area contributed by atoms with Crippen molar-refractivity contribution < 1.29 is 17.6 Å². The largest absolute Gasteiger partial charge is 0.351 e. The highest BCUT2D eigenvalue weighted by Crippen LogP contribution is 2.02. The Bertz CT molecular complexity index is 485. The third-order valence-electron chi connectivity index (χ3n) is 2.07. The zero-order valence-corrected chi connectivity index (χ0v) is 10.1. The number of hydrogen-bond acceptors (Lipinski definition) is 3. The normalized spacial score (nSPS) is 11.2. The fraction of sp³-hybridized carbons (Fsp3) is 0.300. The number of benzene rings is 1. The van der Waals surface area contributed by atoms with Gasteiger partial charge in [-0.25, -0.2) is 17.5 Å². The number of sulfonamides is 1. The smallest absolute Gasteiger partial charge is 0.251 e. The predicted octanol–water partition coefficient (Wildman–Crippen LogP) is 0.105. The lowest BCUT2D eigenvalue weighted by Crippen LogP contribution is -2.32. The summed E-state index contributed by atoms with van der Waals surface area (Å²) < 4.78 is 36.8. The first-order valence-corrected chi connectivity index (χ1v) is 6.55. The molecule has 0 aliphatic carbocycles. The van der Waals surface area contributed by atoms with Crippen molar-refractivity contribution >= 4 is 15.9 Å². The minimum Gasteiger partial charge on any atom is -0.351 e. The minimum absolute atomic E-state index is 0.000612. The van der Waals surface area contributed by atoms with Crippen LogP contribution in [0, 0.1) is 5.82 Å². The number of carbonyl (C=O) groups is 1. The topological polar surface area (TPSA) is 75.3 Å². The highest BCUT2D eigenvalue weighted by molar-refractivity contribution is 7.89. The van der Waals surface area contributed by atoms with Crippen LogP contribution in [0.25, 0.3) is 0 Å². The van der Waals surface area contributed by atoms with Crippen molar-refractivity contribution in [2.45, 2.75) is 0 Å². The number of nitrogens with one attached hydrogen (secondary N) is 2. The van der Waals surface area contributed by atoms with Gasteiger partial charge in [-0.2, -0.15) is 0 Å². The molecule has 0 radical (unpaired) electrons. The van der Waals surface area contributed by atoms with Crippen LogP contribution in [-0.2, 0) is 10.0 Å². The summed E-state index contributed by atoms with van der Waals surface area (Å²) in [5.41, 5.74) is 0.285. The lowest BCUT2D eigenvalue weighted by atomic mass is 10.2. The summed E-state index contributed by atoms with van der Waals surface area (Å²) >= 11 is 0. The molecule has 7 heteroatoms. The van der Waals surface area contributed by atoms with Crippen LogP contribution in [0.2, 0.25) is 0 Å². The third-order valence-corrected chi connectivity index (χ3v) is 3.44. The lowest BCUT2D eigenvalue weighted by molar-refractivity contribution is 0.0956. The number of halogens is 1. The Labute approximate surface area is 99.1 Å². The maximum Gasteiger partial charge on any atom is 0.251 e. The highest BCUT2D eigenvalue weighted by Gasteiger charge is 2.09. The Morgan fingerprint density at radius 3 is 2.41 bits per heavy atom. The van der Waals surface area contributed by atoms with E-state index in [0.29, 0.717) is 0 Å². The second-order valence-electron chi connectivity index (χ2n) is 3.29. The molecule has 5 nitrogen and oxygen atoms in total. The van der Waals surface area contributed by atoms with E-state index in [1.165, 1.54) is 31.3 Å². The van der Waals surface area contributed by atoms with Gasteiger partial charge in [0.25, 0.3) is 5.91 Å². The Hall–Kier alpha value is -1.47. The fourth-order valence-electron chi connectivity index (χ4n) is 1.10. The molecule has 1 rings (SSSR count). The molecule has 0 aliphatic rings. The molecule has 0 saturated heterocycles. The highest BCUT2D eigenvalue weighted by atomic mass is 32.2. The molecule has 0 bridgehead atoms. The molecule has 0 aromatic heterocycles. The van der Waals surface area contributed by atoms with Crippen LogP contribution in [0.3, 0.4) is 0 Å². The standard InChI is InChI=1S/C10H13FN2O3S/c1-12-17(15,16)7-6-13-10(14)8-2-4-9(11)5-3-8/h2-5,12H,6-7H2,1H3,(H,13,14). The van der Waals surface area contributed by atoms with Crippen LogP contribution >= 0.6 is 0 Å². The second kappa shape index (κ2) is 5.74. The minimum atomic E-state index is -3.33. The summed E-state index contributed by atoms with van der Waals surface area (Å²) in [5, 5.41) is 2.43. The van der Waals surface area contributed by atoms with E-state index in [0.717, 1.165) is 0 Å². The summed E-state index contributed by atoms with van der Waals surface area (Å²) in [7, 11) is -2.03. The van der Waals surface area contributed by atoms with Crippen molar-refractivity contribution in [2.24, 2.45) is 0 Å². The van der Waals surface area contributed by atoms with Crippen molar-refractivity contribution in [1.29, 1.82) is 0 Å². The summed E-state index contributed by atoms with van der Waals surface area (Å²) in [6.07, 6.45) is 0. The molecule has 2 N–H and O–H groups in total. The average molecular weight is 260 g/mol. The number of hydrogen-bond donors (Lipinski definition) is 2. The molecular formula is C10H13FN2O3S. The summed E-state index contributed by atoms with van der Waals surface area (Å²) in [6.45, 7) is -0.000612. The Morgan fingerprint density at radius 1 is 1.29 bits per heavy atom. The number of rotatable bonds is 5. The maximum atomic E-state index is 12.6. The zero-order valence-electron chi connectivity index (χ0n) is 9.23. The Balaban J connectivity index is 2.48. The van der Waals surface area contributed by atoms with E-state index in [1.54, 1.807) is 0 Å². The molecule has 17 heavy (non-hydrogen) atoms. The van der Waals surface area contributed by atoms with Crippen LogP contribution < -0.4 is 10.0 Å². The number of amides is 1. The molecule has 1 aromatic rings. The predicted molar refractivity (Wildman–Crippen MR) is 61.6 cm³/mol. The van der Waals surface area contributed by atoms with Crippen molar-refractivity contribution in [3.63, 3.8) is 0 Å². The molecule has 0 atom stereocenters. The van der Waals surface area contributed by atoms with Crippen molar-refractivity contribution in [3.8, 4) is 0 Å². The van der Waals surface area contributed by atoms with Gasteiger partial charge >= 0.3 is 0 Å². The van der Waals surface area contributed by atoms with E-state index in [4.69, 9.17) is 0 Å². The molecule has 0 saturated carbocycles. The van der Waals surface area contributed by atoms with Gasteiger partial charge in [0, 0.05) is 12.1 Å². The van der Waals surface area contributed by atoms with Gasteiger partial charge in [-0.05, 0) is 31.3 Å². The third kappa shape index (κ3) is 4.49. The van der Waals surface area contributed by atoms with E-state index >= 15 is 0 Å².